The van der Waals surface area contributed by atoms with Crippen LogP contribution in [0.5, 0.6) is 0 Å². The van der Waals surface area contributed by atoms with E-state index in [1.54, 1.807) is 0 Å². The van der Waals surface area contributed by atoms with Gasteiger partial charge in [0.25, 0.3) is 5.97 Å². The molecule has 5 saturated carbocycles. The van der Waals surface area contributed by atoms with Gasteiger partial charge in [-0.05, 0) is 18.9 Å². The van der Waals surface area contributed by atoms with Crippen molar-refractivity contribution in [3.8, 4) is 0 Å². The number of hydrogen-bond acceptors (Lipinski definition) is 20. The molecule has 0 unspecified atom stereocenters. The minimum Gasteiger partial charge on any atom is -0.472 e. The Kier molecular flexibility index (Phi) is 8.26. The van der Waals surface area contributed by atoms with Gasteiger partial charge in [0.05, 0.1) is 36.4 Å². The summed E-state index contributed by atoms with van der Waals surface area (Å²) in [5.41, 5.74) is -18.5. The number of hydrogen-bond donors (Lipinski definition) is 2. The number of carbonyl (C=O) groups is 7. The summed E-state index contributed by atoms with van der Waals surface area (Å²) < 4.78 is 68.3. The topological polar surface area (TPSA) is 265 Å². The fourth-order valence-electron chi connectivity index (χ4n) is 14.3. The van der Waals surface area contributed by atoms with Crippen molar-refractivity contribution in [3.05, 3.63) is 24.2 Å². The highest BCUT2D eigenvalue weighted by Crippen LogP contribution is 2.95. The molecule has 9 rings (SSSR count). The number of aliphatic hydroxyl groups is 2. The van der Waals surface area contributed by atoms with Gasteiger partial charge >= 0.3 is 41.8 Å². The van der Waals surface area contributed by atoms with Crippen molar-refractivity contribution in [1.82, 2.24) is 0 Å². The lowest BCUT2D eigenvalue weighted by Gasteiger charge is -2.76. The van der Waals surface area contributed by atoms with Crippen LogP contribution < -0.4 is 0 Å². The zero-order valence-electron chi connectivity index (χ0n) is 35.1. The Morgan fingerprint density at radius 3 is 2.02 bits per heavy atom. The smallest absolute Gasteiger partial charge is 0.348 e. The van der Waals surface area contributed by atoms with E-state index < -0.39 is 153 Å². The Labute approximate surface area is 348 Å². The molecule has 4 bridgehead atoms. The van der Waals surface area contributed by atoms with Crippen LogP contribution in [0.25, 0.3) is 0 Å². The number of cyclic esters (lactones) is 1. The van der Waals surface area contributed by atoms with Gasteiger partial charge in [0.2, 0.25) is 12.2 Å². The maximum atomic E-state index is 14.8. The molecule has 20 heteroatoms. The first-order valence-corrected chi connectivity index (χ1v) is 20.0. The molecular formula is C41H48O20. The summed E-state index contributed by atoms with van der Waals surface area (Å²) in [7, 11) is 1.04. The summed E-state index contributed by atoms with van der Waals surface area (Å²) in [5, 5.41) is 28.0. The Morgan fingerprint density at radius 1 is 0.820 bits per heavy atom. The monoisotopic (exact) mass is 860 g/mol. The molecule has 0 radical (unpaired) electrons. The van der Waals surface area contributed by atoms with Gasteiger partial charge in [0.1, 0.15) is 35.6 Å². The fraction of sp³-hybridized carbons (Fsp3) is 0.732. The van der Waals surface area contributed by atoms with Crippen LogP contribution in [-0.2, 0) is 80.9 Å². The van der Waals surface area contributed by atoms with Crippen molar-refractivity contribution in [3.63, 3.8) is 0 Å². The lowest BCUT2D eigenvalue weighted by molar-refractivity contribution is -0.455. The highest BCUT2D eigenvalue weighted by atomic mass is 17.0. The van der Waals surface area contributed by atoms with Crippen LogP contribution in [0.1, 0.15) is 86.8 Å². The Hall–Kier alpha value is -4.63. The van der Waals surface area contributed by atoms with Crippen molar-refractivity contribution in [2.24, 2.45) is 33.5 Å². The molecule has 8 aliphatic rings. The SMILES string of the molecule is COC(=O)[C@H](OC(C)=O)[C@H]1[C@@]2(C)C[C@]3(O)[C@](O)([C@@H](OC(=O)C(C)C)[C@]45O[C@]6(C)O[C@H]([C@H](OC(C)=O)[C@]78C[C@@]74[C@@H](OC(C)=O)C(=O)O[C@H]8c4ccoc4)[C@]5(O6)[C@]13C)[C@H]2OC(C)=O. The highest BCUT2D eigenvalue weighted by molar-refractivity contribution is 5.85. The van der Waals surface area contributed by atoms with Crippen LogP contribution in [0.2, 0.25) is 0 Å². The number of furan rings is 1. The van der Waals surface area contributed by atoms with Gasteiger partial charge in [-0.2, -0.15) is 0 Å². The van der Waals surface area contributed by atoms with Crippen LogP contribution >= 0.6 is 0 Å². The molecule has 1 aromatic heterocycles. The molecule has 1 aromatic rings. The fourth-order valence-corrected chi connectivity index (χ4v) is 14.3. The van der Waals surface area contributed by atoms with E-state index in [0.29, 0.717) is 0 Å². The van der Waals surface area contributed by atoms with Gasteiger partial charge < -0.3 is 62.0 Å². The average molecular weight is 861 g/mol. The normalized spacial score (nSPS) is 49.1. The van der Waals surface area contributed by atoms with E-state index in [4.69, 9.17) is 51.8 Å². The molecule has 5 aliphatic carbocycles. The van der Waals surface area contributed by atoms with Gasteiger partial charge in [-0.25, -0.2) is 9.59 Å². The average Bonchev–Trinajstić information content (AvgIpc) is 3.51. The second kappa shape index (κ2) is 12.1. The van der Waals surface area contributed by atoms with E-state index in [9.17, 15) is 43.8 Å². The predicted octanol–water partition coefficient (Wildman–Crippen LogP) is 0.854. The molecule has 3 saturated heterocycles. The summed E-state index contributed by atoms with van der Waals surface area (Å²) in [5.74, 6) is -11.8. The minimum absolute atomic E-state index is 0.250. The van der Waals surface area contributed by atoms with Crippen molar-refractivity contribution < 1.29 is 95.6 Å². The molecule has 3 aliphatic heterocycles. The van der Waals surface area contributed by atoms with Gasteiger partial charge in [-0.15, -0.1) is 0 Å². The molecule has 17 atom stereocenters. The van der Waals surface area contributed by atoms with Crippen LogP contribution in [0, 0.1) is 33.5 Å². The largest absolute Gasteiger partial charge is 0.472 e. The van der Waals surface area contributed by atoms with Crippen LogP contribution in [-0.4, -0.2) is 124 Å². The van der Waals surface area contributed by atoms with Gasteiger partial charge in [0.15, 0.2) is 17.3 Å². The standard InChI is InChI=1S/C41H48O20/c1-16(2)28(46)58-32-39(50)31(56-20(6)45)33(7)14-38(39,49)34(8,23(33)22(29(47)51-10)53-17(3)42)40-26-25(54-18(4)43)36-15-37(36,41(32,40)61-35(9,59-26)60-40)27(55-19(5)44)30(48)57-24(36)21-11-12-52-13-21/h11-13,16,22-27,31-32,49-50H,14-15H2,1-10H3/t22-,23+,24+,25+,26-,27+,31+,32-,33-,34-,35-,36-,37-,38-,39-,40+,41+/m1/s1. The van der Waals surface area contributed by atoms with Crippen molar-refractivity contribution in [2.45, 2.75) is 146 Å². The lowest BCUT2D eigenvalue weighted by Crippen LogP contribution is -2.97. The quantitative estimate of drug-likeness (QED) is 0.257. The van der Waals surface area contributed by atoms with E-state index >= 15 is 0 Å². The highest BCUT2D eigenvalue weighted by Gasteiger charge is 3.11. The molecule has 20 nitrogen and oxygen atoms in total. The second-order valence-electron chi connectivity index (χ2n) is 18.7. The summed E-state index contributed by atoms with van der Waals surface area (Å²) >= 11 is 0. The van der Waals surface area contributed by atoms with Crippen LogP contribution in [0.3, 0.4) is 0 Å². The third kappa shape index (κ3) is 4.22. The second-order valence-corrected chi connectivity index (χ2v) is 18.7. The van der Waals surface area contributed by atoms with Crippen LogP contribution in [0.15, 0.2) is 23.0 Å². The first-order chi connectivity index (χ1) is 28.3. The Balaban J connectivity index is 1.48. The zero-order chi connectivity index (χ0) is 44.6. The number of ether oxygens (including phenoxy) is 10. The molecule has 8 fully saturated rings. The maximum absolute atomic E-state index is 14.8. The van der Waals surface area contributed by atoms with E-state index in [1.807, 2.05) is 0 Å². The van der Waals surface area contributed by atoms with Crippen molar-refractivity contribution in [1.29, 1.82) is 0 Å². The van der Waals surface area contributed by atoms with Crippen LogP contribution in [0.4, 0.5) is 0 Å². The van der Waals surface area contributed by atoms with E-state index in [1.165, 1.54) is 53.2 Å². The summed E-state index contributed by atoms with van der Waals surface area (Å²) in [6.45, 7) is 11.5. The van der Waals surface area contributed by atoms with Crippen molar-refractivity contribution in [2.75, 3.05) is 7.11 Å². The third-order valence-corrected chi connectivity index (χ3v) is 15.5. The van der Waals surface area contributed by atoms with Crippen molar-refractivity contribution >= 4 is 41.8 Å². The van der Waals surface area contributed by atoms with E-state index in [-0.39, 0.29) is 12.0 Å². The Bertz CT molecular complexity index is 2190. The van der Waals surface area contributed by atoms with E-state index in [2.05, 4.69) is 0 Å². The molecule has 2 N–H and O–H groups in total. The van der Waals surface area contributed by atoms with Gasteiger partial charge in [-0.3, -0.25) is 24.0 Å². The minimum atomic E-state index is -2.97. The number of methoxy groups -OCH3 is 1. The zero-order valence-corrected chi connectivity index (χ0v) is 35.1. The number of fused-ring (bicyclic) bond motifs is 2. The maximum Gasteiger partial charge on any atom is 0.348 e. The first kappa shape index (κ1) is 41.7. The Morgan fingerprint density at radius 2 is 1.46 bits per heavy atom. The summed E-state index contributed by atoms with van der Waals surface area (Å²) in [4.78, 5) is 96.2. The molecule has 61 heavy (non-hydrogen) atoms. The molecular weight excluding hydrogens is 812 g/mol. The first-order valence-electron chi connectivity index (χ1n) is 20.0. The summed E-state index contributed by atoms with van der Waals surface area (Å²) in [6.07, 6.45) is -11.0. The summed E-state index contributed by atoms with van der Waals surface area (Å²) in [6, 6.07) is 1.50. The van der Waals surface area contributed by atoms with Gasteiger partial charge in [0, 0.05) is 56.9 Å². The molecule has 0 aromatic carbocycles. The van der Waals surface area contributed by atoms with E-state index in [0.717, 1.165) is 34.8 Å². The number of esters is 7. The number of carbonyl (C=O) groups excluding carboxylic acids is 7. The molecule has 332 valence electrons. The number of rotatable bonds is 9. The molecule has 4 heterocycles. The molecule has 0 amide bonds. The third-order valence-electron chi connectivity index (χ3n) is 15.5. The van der Waals surface area contributed by atoms with Gasteiger partial charge in [-0.1, -0.05) is 27.7 Å². The predicted molar refractivity (Wildman–Crippen MR) is 191 cm³/mol. The molecule has 1 spiro atoms. The lowest BCUT2D eigenvalue weighted by atomic mass is 9.33.